The fraction of sp³-hybridized carbons (Fsp3) is 0.231. The third-order valence-electron chi connectivity index (χ3n) is 2.96. The maximum absolute atomic E-state index is 11.2. The highest BCUT2D eigenvalue weighted by molar-refractivity contribution is 5.93. The van der Waals surface area contributed by atoms with Gasteiger partial charge in [0.1, 0.15) is 0 Å². The first-order valence-corrected chi connectivity index (χ1v) is 5.50. The van der Waals surface area contributed by atoms with E-state index in [0.717, 1.165) is 11.3 Å². The Labute approximate surface area is 100 Å². The van der Waals surface area contributed by atoms with Gasteiger partial charge in [0.2, 0.25) is 0 Å². The summed E-state index contributed by atoms with van der Waals surface area (Å²) in [5.41, 5.74) is 7.70. The van der Waals surface area contributed by atoms with Crippen molar-refractivity contribution in [3.05, 3.63) is 53.3 Å². The van der Waals surface area contributed by atoms with Gasteiger partial charge in [0.15, 0.2) is 0 Å². The molecule has 1 amide bonds. The number of hydrogen-bond acceptors (Lipinski definition) is 2. The molecule has 0 fully saturated rings. The normalized spacial score (nSPS) is 12.4. The Morgan fingerprint density at radius 1 is 1.35 bits per heavy atom. The standard InChI is InChI=1S/C13H15N3O/c1-9(11-6-4-3-5-7-11)16-10(2)12(8-15-16)13(14)17/h3-9H,1-2H3,(H2,14,17). The molecule has 0 bridgehead atoms. The molecule has 0 aliphatic heterocycles. The van der Waals surface area contributed by atoms with E-state index in [1.54, 1.807) is 0 Å². The lowest BCUT2D eigenvalue weighted by atomic mass is 10.1. The smallest absolute Gasteiger partial charge is 0.252 e. The average Bonchev–Trinajstić information content (AvgIpc) is 2.71. The number of carbonyl (C=O) groups is 1. The third-order valence-corrected chi connectivity index (χ3v) is 2.96. The van der Waals surface area contributed by atoms with Gasteiger partial charge in [-0.05, 0) is 19.4 Å². The quantitative estimate of drug-likeness (QED) is 0.873. The minimum atomic E-state index is -0.436. The molecule has 0 saturated heterocycles. The molecule has 88 valence electrons. The second-order valence-corrected chi connectivity index (χ2v) is 4.04. The first kappa shape index (κ1) is 11.4. The van der Waals surface area contributed by atoms with Crippen molar-refractivity contribution in [2.75, 3.05) is 0 Å². The SMILES string of the molecule is Cc1c(C(N)=O)cnn1C(C)c1ccccc1. The van der Waals surface area contributed by atoms with Gasteiger partial charge in [0, 0.05) is 5.69 Å². The lowest BCUT2D eigenvalue weighted by Crippen LogP contribution is -2.14. The Morgan fingerprint density at radius 3 is 2.53 bits per heavy atom. The fourth-order valence-corrected chi connectivity index (χ4v) is 1.93. The van der Waals surface area contributed by atoms with Crippen molar-refractivity contribution in [3.63, 3.8) is 0 Å². The summed E-state index contributed by atoms with van der Waals surface area (Å²) in [5.74, 6) is -0.436. The third kappa shape index (κ3) is 2.06. The Hall–Kier alpha value is -2.10. The Kier molecular flexibility index (Phi) is 2.95. The summed E-state index contributed by atoms with van der Waals surface area (Å²) >= 11 is 0. The first-order valence-electron chi connectivity index (χ1n) is 5.50. The van der Waals surface area contributed by atoms with Crippen LogP contribution >= 0.6 is 0 Å². The van der Waals surface area contributed by atoms with Crippen molar-refractivity contribution in [2.45, 2.75) is 19.9 Å². The highest BCUT2D eigenvalue weighted by Gasteiger charge is 2.15. The lowest BCUT2D eigenvalue weighted by molar-refractivity contribution is 0.0999. The van der Waals surface area contributed by atoms with Crippen molar-refractivity contribution >= 4 is 5.91 Å². The highest BCUT2D eigenvalue weighted by atomic mass is 16.1. The number of aromatic nitrogens is 2. The lowest BCUT2D eigenvalue weighted by Gasteiger charge is -2.14. The molecule has 4 nitrogen and oxygen atoms in total. The van der Waals surface area contributed by atoms with E-state index in [9.17, 15) is 4.79 Å². The molecule has 0 spiro atoms. The summed E-state index contributed by atoms with van der Waals surface area (Å²) < 4.78 is 1.81. The van der Waals surface area contributed by atoms with Crippen molar-refractivity contribution in [1.29, 1.82) is 0 Å². The van der Waals surface area contributed by atoms with Gasteiger partial charge < -0.3 is 5.73 Å². The number of carbonyl (C=O) groups excluding carboxylic acids is 1. The topological polar surface area (TPSA) is 60.9 Å². The molecule has 1 aromatic heterocycles. The Balaban J connectivity index is 2.39. The van der Waals surface area contributed by atoms with Crippen molar-refractivity contribution in [1.82, 2.24) is 9.78 Å². The van der Waals surface area contributed by atoms with E-state index < -0.39 is 5.91 Å². The van der Waals surface area contributed by atoms with Crippen LogP contribution in [0.3, 0.4) is 0 Å². The zero-order chi connectivity index (χ0) is 12.4. The largest absolute Gasteiger partial charge is 0.365 e. The monoisotopic (exact) mass is 229 g/mol. The van der Waals surface area contributed by atoms with Crippen LogP contribution in [-0.4, -0.2) is 15.7 Å². The van der Waals surface area contributed by atoms with Crippen molar-refractivity contribution < 1.29 is 4.79 Å². The summed E-state index contributed by atoms with van der Waals surface area (Å²) in [4.78, 5) is 11.2. The highest BCUT2D eigenvalue weighted by Crippen LogP contribution is 2.20. The summed E-state index contributed by atoms with van der Waals surface area (Å²) in [6, 6.07) is 10.1. The van der Waals surface area contributed by atoms with Gasteiger partial charge in [0.25, 0.3) is 5.91 Å². The van der Waals surface area contributed by atoms with E-state index in [4.69, 9.17) is 5.73 Å². The van der Waals surface area contributed by atoms with E-state index in [1.807, 2.05) is 48.9 Å². The van der Waals surface area contributed by atoms with E-state index in [1.165, 1.54) is 6.20 Å². The summed E-state index contributed by atoms with van der Waals surface area (Å²) in [7, 11) is 0. The predicted molar refractivity (Wildman–Crippen MR) is 65.7 cm³/mol. The molecule has 1 aromatic carbocycles. The van der Waals surface area contributed by atoms with Crippen molar-refractivity contribution in [2.24, 2.45) is 5.73 Å². The molecule has 0 aliphatic carbocycles. The zero-order valence-corrected chi connectivity index (χ0v) is 9.92. The zero-order valence-electron chi connectivity index (χ0n) is 9.92. The minimum absolute atomic E-state index is 0.0873. The fourth-order valence-electron chi connectivity index (χ4n) is 1.93. The van der Waals surface area contributed by atoms with Gasteiger partial charge in [-0.3, -0.25) is 9.48 Å². The second-order valence-electron chi connectivity index (χ2n) is 4.04. The van der Waals surface area contributed by atoms with Gasteiger partial charge in [-0.25, -0.2) is 0 Å². The molecule has 0 radical (unpaired) electrons. The Bertz CT molecular complexity index is 531. The van der Waals surface area contributed by atoms with Gasteiger partial charge in [0.05, 0.1) is 17.8 Å². The van der Waals surface area contributed by atoms with E-state index in [0.29, 0.717) is 5.56 Å². The maximum atomic E-state index is 11.2. The number of nitrogens with zero attached hydrogens (tertiary/aromatic N) is 2. The van der Waals surface area contributed by atoms with Crippen LogP contribution in [0, 0.1) is 6.92 Å². The molecule has 1 atom stereocenters. The van der Waals surface area contributed by atoms with E-state index in [2.05, 4.69) is 5.10 Å². The van der Waals surface area contributed by atoms with Gasteiger partial charge in [-0.1, -0.05) is 30.3 Å². The average molecular weight is 229 g/mol. The number of amides is 1. The van der Waals surface area contributed by atoms with Crippen LogP contribution in [0.5, 0.6) is 0 Å². The number of rotatable bonds is 3. The van der Waals surface area contributed by atoms with Crippen LogP contribution in [0.1, 0.15) is 34.6 Å². The van der Waals surface area contributed by atoms with Crippen molar-refractivity contribution in [3.8, 4) is 0 Å². The molecule has 2 N–H and O–H groups in total. The Morgan fingerprint density at radius 2 is 2.00 bits per heavy atom. The molecule has 2 rings (SSSR count). The first-order chi connectivity index (χ1) is 8.11. The van der Waals surface area contributed by atoms with Crippen LogP contribution in [0.15, 0.2) is 36.5 Å². The minimum Gasteiger partial charge on any atom is -0.365 e. The van der Waals surface area contributed by atoms with Crippen LogP contribution in [0.4, 0.5) is 0 Å². The molecule has 1 heterocycles. The number of primary amides is 1. The van der Waals surface area contributed by atoms with Crippen LogP contribution in [-0.2, 0) is 0 Å². The maximum Gasteiger partial charge on any atom is 0.252 e. The van der Waals surface area contributed by atoms with E-state index in [-0.39, 0.29) is 6.04 Å². The molecule has 4 heteroatoms. The molecule has 0 aliphatic rings. The van der Waals surface area contributed by atoms with E-state index >= 15 is 0 Å². The summed E-state index contributed by atoms with van der Waals surface area (Å²) in [6.07, 6.45) is 1.52. The molecular formula is C13H15N3O. The number of nitrogens with two attached hydrogens (primary N) is 1. The summed E-state index contributed by atoms with van der Waals surface area (Å²) in [5, 5.41) is 4.23. The number of benzene rings is 1. The molecule has 0 saturated carbocycles. The van der Waals surface area contributed by atoms with Crippen LogP contribution in [0.25, 0.3) is 0 Å². The van der Waals surface area contributed by atoms with Gasteiger partial charge in [-0.2, -0.15) is 5.10 Å². The molecule has 17 heavy (non-hydrogen) atoms. The second kappa shape index (κ2) is 4.41. The summed E-state index contributed by atoms with van der Waals surface area (Å²) in [6.45, 7) is 3.90. The number of hydrogen-bond donors (Lipinski definition) is 1. The molecule has 2 aromatic rings. The molecule has 1 unspecified atom stereocenters. The van der Waals surface area contributed by atoms with Gasteiger partial charge >= 0.3 is 0 Å². The van der Waals surface area contributed by atoms with Crippen LogP contribution in [0.2, 0.25) is 0 Å². The van der Waals surface area contributed by atoms with Crippen LogP contribution < -0.4 is 5.73 Å². The predicted octanol–water partition coefficient (Wildman–Crippen LogP) is 1.90. The van der Waals surface area contributed by atoms with Gasteiger partial charge in [-0.15, -0.1) is 0 Å². The molecular weight excluding hydrogens is 214 g/mol.